The normalized spacial score (nSPS) is 22.2. The van der Waals surface area contributed by atoms with E-state index in [9.17, 15) is 0 Å². The van der Waals surface area contributed by atoms with Crippen molar-refractivity contribution in [3.63, 3.8) is 0 Å². The average molecular weight is 312 g/mol. The summed E-state index contributed by atoms with van der Waals surface area (Å²) in [5, 5.41) is 3.54. The SMILES string of the molecule is Cc1cc(Br)cc(C)c1NCC1CCC(C)(C)O1. The molecule has 0 amide bonds. The first-order valence-electron chi connectivity index (χ1n) is 6.56. The van der Waals surface area contributed by atoms with E-state index in [0.29, 0.717) is 6.10 Å². The van der Waals surface area contributed by atoms with Crippen molar-refractivity contribution in [2.45, 2.75) is 52.2 Å². The van der Waals surface area contributed by atoms with E-state index in [0.717, 1.165) is 23.9 Å². The fourth-order valence-electron chi connectivity index (χ4n) is 2.63. The van der Waals surface area contributed by atoms with Crippen molar-refractivity contribution in [1.82, 2.24) is 0 Å². The Hall–Kier alpha value is -0.540. The van der Waals surface area contributed by atoms with Crippen molar-refractivity contribution in [2.75, 3.05) is 11.9 Å². The van der Waals surface area contributed by atoms with Gasteiger partial charge in [0.1, 0.15) is 0 Å². The van der Waals surface area contributed by atoms with Crippen LogP contribution in [0.25, 0.3) is 0 Å². The van der Waals surface area contributed by atoms with E-state index in [4.69, 9.17) is 4.74 Å². The van der Waals surface area contributed by atoms with Crippen LogP contribution >= 0.6 is 15.9 Å². The van der Waals surface area contributed by atoms with Gasteiger partial charge in [-0.3, -0.25) is 0 Å². The fourth-order valence-corrected chi connectivity index (χ4v) is 3.31. The second-order valence-electron chi connectivity index (χ2n) is 5.83. The van der Waals surface area contributed by atoms with E-state index in [1.165, 1.54) is 16.8 Å². The number of halogens is 1. The van der Waals surface area contributed by atoms with Gasteiger partial charge in [0.25, 0.3) is 0 Å². The summed E-state index contributed by atoms with van der Waals surface area (Å²) < 4.78 is 7.14. The molecule has 1 unspecified atom stereocenters. The molecule has 0 radical (unpaired) electrons. The third-order valence-corrected chi connectivity index (χ3v) is 4.02. The summed E-state index contributed by atoms with van der Waals surface area (Å²) in [6.07, 6.45) is 2.63. The lowest BCUT2D eigenvalue weighted by Crippen LogP contribution is -2.25. The van der Waals surface area contributed by atoms with Crippen molar-refractivity contribution in [2.24, 2.45) is 0 Å². The van der Waals surface area contributed by atoms with Crippen LogP contribution in [0, 0.1) is 13.8 Å². The first-order chi connectivity index (χ1) is 8.37. The fraction of sp³-hybridized carbons (Fsp3) is 0.600. The minimum absolute atomic E-state index is 0.0517. The number of nitrogens with one attached hydrogen (secondary N) is 1. The van der Waals surface area contributed by atoms with E-state index in [-0.39, 0.29) is 5.60 Å². The maximum atomic E-state index is 6.00. The van der Waals surface area contributed by atoms with Crippen LogP contribution in [0.2, 0.25) is 0 Å². The van der Waals surface area contributed by atoms with Crippen molar-refractivity contribution in [3.05, 3.63) is 27.7 Å². The molecule has 1 aliphatic heterocycles. The number of aryl methyl sites for hydroxylation is 2. The molecule has 1 aliphatic rings. The van der Waals surface area contributed by atoms with Crippen LogP contribution < -0.4 is 5.32 Å². The van der Waals surface area contributed by atoms with Gasteiger partial charge in [-0.15, -0.1) is 0 Å². The number of rotatable bonds is 3. The lowest BCUT2D eigenvalue weighted by atomic mass is 10.1. The molecule has 1 atom stereocenters. The highest BCUT2D eigenvalue weighted by Gasteiger charge is 2.31. The first-order valence-corrected chi connectivity index (χ1v) is 7.35. The molecular weight excluding hydrogens is 290 g/mol. The van der Waals surface area contributed by atoms with Crippen LogP contribution in [-0.4, -0.2) is 18.2 Å². The highest BCUT2D eigenvalue weighted by Crippen LogP contribution is 2.30. The predicted octanol–water partition coefficient (Wildman–Crippen LogP) is 4.44. The van der Waals surface area contributed by atoms with Crippen molar-refractivity contribution in [3.8, 4) is 0 Å². The molecule has 2 rings (SSSR count). The molecule has 0 bridgehead atoms. The van der Waals surface area contributed by atoms with E-state index in [1.54, 1.807) is 0 Å². The number of benzene rings is 1. The second kappa shape index (κ2) is 5.22. The highest BCUT2D eigenvalue weighted by atomic mass is 79.9. The maximum absolute atomic E-state index is 6.00. The molecule has 1 fully saturated rings. The van der Waals surface area contributed by atoms with Gasteiger partial charge in [0.2, 0.25) is 0 Å². The lowest BCUT2D eigenvalue weighted by molar-refractivity contribution is -0.00911. The quantitative estimate of drug-likeness (QED) is 0.891. The van der Waals surface area contributed by atoms with Crippen molar-refractivity contribution in [1.29, 1.82) is 0 Å². The van der Waals surface area contributed by atoms with Gasteiger partial charge in [0.15, 0.2) is 0 Å². The number of anilines is 1. The van der Waals surface area contributed by atoms with Crippen LogP contribution in [0.5, 0.6) is 0 Å². The van der Waals surface area contributed by atoms with E-state index in [2.05, 4.69) is 61.1 Å². The zero-order valence-corrected chi connectivity index (χ0v) is 13.2. The van der Waals surface area contributed by atoms with Crippen LogP contribution in [0.3, 0.4) is 0 Å². The van der Waals surface area contributed by atoms with Crippen molar-refractivity contribution >= 4 is 21.6 Å². The number of hydrogen-bond acceptors (Lipinski definition) is 2. The summed E-state index contributed by atoms with van der Waals surface area (Å²) in [6.45, 7) is 9.51. The third-order valence-electron chi connectivity index (χ3n) is 3.56. The smallest absolute Gasteiger partial charge is 0.0755 e. The Morgan fingerprint density at radius 1 is 1.33 bits per heavy atom. The van der Waals surface area contributed by atoms with Gasteiger partial charge in [-0.25, -0.2) is 0 Å². The molecule has 3 heteroatoms. The topological polar surface area (TPSA) is 21.3 Å². The predicted molar refractivity (Wildman–Crippen MR) is 80.3 cm³/mol. The molecule has 1 N–H and O–H groups in total. The van der Waals surface area contributed by atoms with Crippen LogP contribution in [0.1, 0.15) is 37.8 Å². The number of hydrogen-bond donors (Lipinski definition) is 1. The molecule has 1 saturated heterocycles. The van der Waals surface area contributed by atoms with E-state index in [1.807, 2.05) is 0 Å². The van der Waals surface area contributed by atoms with Gasteiger partial charge in [-0.05, 0) is 63.8 Å². The van der Waals surface area contributed by atoms with E-state index < -0.39 is 0 Å². The van der Waals surface area contributed by atoms with Crippen LogP contribution in [0.15, 0.2) is 16.6 Å². The Morgan fingerprint density at radius 3 is 2.44 bits per heavy atom. The Bertz CT molecular complexity index is 419. The zero-order valence-electron chi connectivity index (χ0n) is 11.6. The van der Waals surface area contributed by atoms with Gasteiger partial charge >= 0.3 is 0 Å². The molecule has 1 aromatic rings. The molecule has 100 valence electrons. The summed E-state index contributed by atoms with van der Waals surface area (Å²) in [6, 6.07) is 4.30. The molecular formula is C15H22BrNO. The molecule has 18 heavy (non-hydrogen) atoms. The van der Waals surface area contributed by atoms with Crippen molar-refractivity contribution < 1.29 is 4.74 Å². The summed E-state index contributed by atoms with van der Waals surface area (Å²) >= 11 is 3.53. The standard InChI is InChI=1S/C15H22BrNO/c1-10-7-12(16)8-11(2)14(10)17-9-13-5-6-15(3,4)18-13/h7-8,13,17H,5-6,9H2,1-4H3. The molecule has 0 saturated carbocycles. The molecule has 0 spiro atoms. The second-order valence-corrected chi connectivity index (χ2v) is 6.75. The van der Waals surface area contributed by atoms with Gasteiger partial charge in [-0.1, -0.05) is 15.9 Å². The zero-order chi connectivity index (χ0) is 13.3. The summed E-state index contributed by atoms with van der Waals surface area (Å²) in [4.78, 5) is 0. The van der Waals surface area contributed by atoms with Crippen LogP contribution in [-0.2, 0) is 4.74 Å². The lowest BCUT2D eigenvalue weighted by Gasteiger charge is -2.21. The van der Waals surface area contributed by atoms with Gasteiger partial charge < -0.3 is 10.1 Å². The minimum atomic E-state index is 0.0517. The third kappa shape index (κ3) is 3.27. The Labute approximate surface area is 118 Å². The number of ether oxygens (including phenoxy) is 1. The summed E-state index contributed by atoms with van der Waals surface area (Å²) in [5.41, 5.74) is 3.85. The van der Waals surface area contributed by atoms with Gasteiger partial charge in [-0.2, -0.15) is 0 Å². The Balaban J connectivity index is 1.99. The Kier molecular flexibility index (Phi) is 4.02. The summed E-state index contributed by atoms with van der Waals surface area (Å²) in [5.74, 6) is 0. The summed E-state index contributed by atoms with van der Waals surface area (Å²) in [7, 11) is 0. The molecule has 1 heterocycles. The molecule has 2 nitrogen and oxygen atoms in total. The average Bonchev–Trinajstić information content (AvgIpc) is 2.56. The minimum Gasteiger partial charge on any atom is -0.382 e. The maximum Gasteiger partial charge on any atom is 0.0755 e. The molecule has 1 aromatic carbocycles. The molecule has 0 aromatic heterocycles. The highest BCUT2D eigenvalue weighted by molar-refractivity contribution is 9.10. The van der Waals surface area contributed by atoms with Crippen LogP contribution in [0.4, 0.5) is 5.69 Å². The molecule has 0 aliphatic carbocycles. The largest absolute Gasteiger partial charge is 0.382 e. The monoisotopic (exact) mass is 311 g/mol. The first kappa shape index (κ1) is 13.9. The van der Waals surface area contributed by atoms with E-state index >= 15 is 0 Å². The Morgan fingerprint density at radius 2 is 1.94 bits per heavy atom. The van der Waals surface area contributed by atoms with Gasteiger partial charge in [0.05, 0.1) is 11.7 Å². The van der Waals surface area contributed by atoms with Gasteiger partial charge in [0, 0.05) is 16.7 Å².